The maximum atomic E-state index is 12.8. The van der Waals surface area contributed by atoms with Crippen LogP contribution in [0.2, 0.25) is 0 Å². The van der Waals surface area contributed by atoms with Crippen molar-refractivity contribution in [2.75, 3.05) is 0 Å². The number of esters is 1. The first-order chi connectivity index (χ1) is 13.0. The molecule has 0 aliphatic carbocycles. The molecule has 2 aromatic rings. The minimum Gasteiger partial charge on any atom is -0.423 e. The molecule has 0 saturated heterocycles. The molecular weight excluding hydrogens is 344 g/mol. The molecule has 0 N–H and O–H groups in total. The number of unbranched alkanes of at least 4 members (excludes halogenated alkanes) is 2. The Hall–Kier alpha value is -2.09. The smallest absolute Gasteiger partial charge is 0.343 e. The van der Waals surface area contributed by atoms with Gasteiger partial charge in [0.15, 0.2) is 0 Å². The molecule has 0 bridgehead atoms. The van der Waals surface area contributed by atoms with Gasteiger partial charge in [0.25, 0.3) is 0 Å². The highest BCUT2D eigenvalue weighted by molar-refractivity contribution is 5.91. The predicted octanol–water partition coefficient (Wildman–Crippen LogP) is 7.23. The third-order valence-electron chi connectivity index (χ3n) is 5.10. The fourth-order valence-electron chi connectivity index (χ4n) is 3.08. The Morgan fingerprint density at radius 3 is 1.82 bits per heavy atom. The standard InChI is InChI=1S/C26H36O2/c1-8-9-10-11-19-12-14-23(15-13-19)28-24(27)20-16-21(25(2,3)4)18-22(17-20)26(5,6)7/h12-18H,8-11H2,1-7H3. The van der Waals surface area contributed by atoms with Crippen LogP contribution in [0, 0.1) is 0 Å². The maximum Gasteiger partial charge on any atom is 0.343 e. The topological polar surface area (TPSA) is 26.3 Å². The highest BCUT2D eigenvalue weighted by Gasteiger charge is 2.23. The zero-order valence-electron chi connectivity index (χ0n) is 18.7. The van der Waals surface area contributed by atoms with Gasteiger partial charge in [-0.15, -0.1) is 0 Å². The first-order valence-electron chi connectivity index (χ1n) is 10.5. The van der Waals surface area contributed by atoms with Crippen LogP contribution in [0.1, 0.15) is 94.8 Å². The monoisotopic (exact) mass is 380 g/mol. The highest BCUT2D eigenvalue weighted by atomic mass is 16.5. The van der Waals surface area contributed by atoms with Crippen LogP contribution in [0.25, 0.3) is 0 Å². The lowest BCUT2D eigenvalue weighted by Gasteiger charge is -2.25. The van der Waals surface area contributed by atoms with Gasteiger partial charge in [-0.25, -0.2) is 4.79 Å². The molecule has 0 aliphatic rings. The van der Waals surface area contributed by atoms with Crippen molar-refractivity contribution >= 4 is 5.97 Å². The van der Waals surface area contributed by atoms with E-state index in [1.54, 1.807) is 0 Å². The van der Waals surface area contributed by atoms with Crippen LogP contribution in [0.15, 0.2) is 42.5 Å². The number of rotatable bonds is 6. The summed E-state index contributed by atoms with van der Waals surface area (Å²) in [7, 11) is 0. The van der Waals surface area contributed by atoms with Crippen LogP contribution in [0.5, 0.6) is 5.75 Å². The Morgan fingerprint density at radius 1 is 0.821 bits per heavy atom. The molecular formula is C26H36O2. The average Bonchev–Trinajstić information content (AvgIpc) is 2.61. The molecule has 152 valence electrons. The van der Waals surface area contributed by atoms with Gasteiger partial charge in [0, 0.05) is 0 Å². The maximum absolute atomic E-state index is 12.8. The summed E-state index contributed by atoms with van der Waals surface area (Å²) < 4.78 is 5.68. The third-order valence-corrected chi connectivity index (χ3v) is 5.10. The lowest BCUT2D eigenvalue weighted by molar-refractivity contribution is 0.0734. The number of carbonyl (C=O) groups excluding carboxylic acids is 1. The Bertz CT molecular complexity index is 754. The van der Waals surface area contributed by atoms with Gasteiger partial charge in [-0.05, 0) is 64.6 Å². The largest absolute Gasteiger partial charge is 0.423 e. The minimum absolute atomic E-state index is 0.0313. The predicted molar refractivity (Wildman–Crippen MR) is 118 cm³/mol. The molecule has 0 aromatic heterocycles. The van der Waals surface area contributed by atoms with Gasteiger partial charge in [-0.3, -0.25) is 0 Å². The van der Waals surface area contributed by atoms with Crippen LogP contribution in [-0.2, 0) is 17.3 Å². The van der Waals surface area contributed by atoms with Gasteiger partial charge in [-0.2, -0.15) is 0 Å². The van der Waals surface area contributed by atoms with Crippen LogP contribution < -0.4 is 4.74 Å². The number of hydrogen-bond donors (Lipinski definition) is 0. The fourth-order valence-corrected chi connectivity index (χ4v) is 3.08. The average molecular weight is 381 g/mol. The summed E-state index contributed by atoms with van der Waals surface area (Å²) in [4.78, 5) is 12.8. The fraction of sp³-hybridized carbons (Fsp3) is 0.500. The molecule has 0 heterocycles. The number of hydrogen-bond acceptors (Lipinski definition) is 2. The second-order valence-electron chi connectivity index (χ2n) is 9.79. The van der Waals surface area contributed by atoms with E-state index in [0.717, 1.165) is 17.5 Å². The summed E-state index contributed by atoms with van der Waals surface area (Å²) in [6.07, 6.45) is 4.74. The van der Waals surface area contributed by atoms with E-state index >= 15 is 0 Å². The van der Waals surface area contributed by atoms with Crippen LogP contribution in [0.4, 0.5) is 0 Å². The van der Waals surface area contributed by atoms with Crippen molar-refractivity contribution < 1.29 is 9.53 Å². The van der Waals surface area contributed by atoms with Crippen molar-refractivity contribution in [1.82, 2.24) is 0 Å². The van der Waals surface area contributed by atoms with E-state index in [1.165, 1.54) is 24.8 Å². The van der Waals surface area contributed by atoms with Crippen molar-refractivity contribution in [3.63, 3.8) is 0 Å². The van der Waals surface area contributed by atoms with E-state index in [4.69, 9.17) is 4.74 Å². The summed E-state index contributed by atoms with van der Waals surface area (Å²) in [5.74, 6) is 0.304. The van der Waals surface area contributed by atoms with Gasteiger partial charge in [0.2, 0.25) is 0 Å². The summed E-state index contributed by atoms with van der Waals surface area (Å²) >= 11 is 0. The first kappa shape index (κ1) is 22.2. The number of ether oxygens (including phenoxy) is 1. The Morgan fingerprint density at radius 2 is 1.36 bits per heavy atom. The molecule has 28 heavy (non-hydrogen) atoms. The molecule has 0 unspecified atom stereocenters. The van der Waals surface area contributed by atoms with Gasteiger partial charge in [0.05, 0.1) is 5.56 Å². The molecule has 0 amide bonds. The third kappa shape index (κ3) is 6.22. The zero-order valence-corrected chi connectivity index (χ0v) is 18.7. The van der Waals surface area contributed by atoms with E-state index in [0.29, 0.717) is 11.3 Å². The molecule has 2 heteroatoms. The zero-order chi connectivity index (χ0) is 20.9. The molecule has 0 fully saturated rings. The van der Waals surface area contributed by atoms with Crippen molar-refractivity contribution in [1.29, 1.82) is 0 Å². The number of benzene rings is 2. The van der Waals surface area contributed by atoms with Gasteiger partial charge >= 0.3 is 5.97 Å². The summed E-state index contributed by atoms with van der Waals surface area (Å²) in [6, 6.07) is 14.1. The second-order valence-corrected chi connectivity index (χ2v) is 9.79. The SMILES string of the molecule is CCCCCc1ccc(OC(=O)c2cc(C(C)(C)C)cc(C(C)(C)C)c2)cc1. The molecule has 2 rings (SSSR count). The molecule has 0 aliphatic heterocycles. The van der Waals surface area contributed by atoms with Gasteiger partial charge in [0.1, 0.15) is 5.75 Å². The first-order valence-corrected chi connectivity index (χ1v) is 10.5. The van der Waals surface area contributed by atoms with Crippen LogP contribution >= 0.6 is 0 Å². The molecule has 0 atom stereocenters. The van der Waals surface area contributed by atoms with E-state index in [2.05, 4.69) is 66.7 Å². The quantitative estimate of drug-likeness (QED) is 0.300. The van der Waals surface area contributed by atoms with Crippen LogP contribution in [-0.4, -0.2) is 5.97 Å². The van der Waals surface area contributed by atoms with Crippen molar-refractivity contribution in [2.24, 2.45) is 0 Å². The second kappa shape index (κ2) is 8.94. The van der Waals surface area contributed by atoms with Crippen molar-refractivity contribution in [3.05, 3.63) is 64.7 Å². The lowest BCUT2D eigenvalue weighted by atomic mass is 9.79. The molecule has 2 nitrogen and oxygen atoms in total. The Balaban J connectivity index is 2.21. The van der Waals surface area contributed by atoms with Crippen molar-refractivity contribution in [3.8, 4) is 5.75 Å². The van der Waals surface area contributed by atoms with E-state index in [1.807, 2.05) is 24.3 Å². The number of carbonyl (C=O) groups is 1. The highest BCUT2D eigenvalue weighted by Crippen LogP contribution is 2.30. The molecule has 0 saturated carbocycles. The van der Waals surface area contributed by atoms with Crippen LogP contribution in [0.3, 0.4) is 0 Å². The summed E-state index contributed by atoms with van der Waals surface area (Å²) in [6.45, 7) is 15.2. The Labute approximate surface area is 171 Å². The summed E-state index contributed by atoms with van der Waals surface area (Å²) in [5.41, 5.74) is 4.14. The Kier molecular flexibility index (Phi) is 7.09. The molecule has 0 radical (unpaired) electrons. The lowest BCUT2D eigenvalue weighted by Crippen LogP contribution is -2.19. The molecule has 0 spiro atoms. The van der Waals surface area contributed by atoms with E-state index in [-0.39, 0.29) is 16.8 Å². The van der Waals surface area contributed by atoms with E-state index in [9.17, 15) is 4.79 Å². The van der Waals surface area contributed by atoms with Crippen molar-refractivity contribution in [2.45, 2.75) is 85.0 Å². The normalized spacial score (nSPS) is 12.1. The van der Waals surface area contributed by atoms with Gasteiger partial charge in [-0.1, -0.05) is 79.5 Å². The van der Waals surface area contributed by atoms with Gasteiger partial charge < -0.3 is 4.74 Å². The molecule has 2 aromatic carbocycles. The summed E-state index contributed by atoms with van der Waals surface area (Å²) in [5, 5.41) is 0. The number of aryl methyl sites for hydroxylation is 1. The van der Waals surface area contributed by atoms with E-state index < -0.39 is 0 Å². The minimum atomic E-state index is -0.296.